The van der Waals surface area contributed by atoms with Gasteiger partial charge >= 0.3 is 0 Å². The van der Waals surface area contributed by atoms with Gasteiger partial charge in [0.1, 0.15) is 17.6 Å². The van der Waals surface area contributed by atoms with Gasteiger partial charge in [-0.25, -0.2) is 0 Å². The van der Waals surface area contributed by atoms with E-state index in [1.807, 2.05) is 38.1 Å². The summed E-state index contributed by atoms with van der Waals surface area (Å²) in [6.45, 7) is 3.87. The van der Waals surface area contributed by atoms with Gasteiger partial charge in [0.25, 0.3) is 0 Å². The third kappa shape index (κ3) is 2.19. The van der Waals surface area contributed by atoms with Crippen LogP contribution in [0.3, 0.4) is 0 Å². The first-order chi connectivity index (χ1) is 9.15. The minimum atomic E-state index is 0.0906. The van der Waals surface area contributed by atoms with Crippen molar-refractivity contribution in [2.45, 2.75) is 32.8 Å². The van der Waals surface area contributed by atoms with E-state index in [1.54, 1.807) is 0 Å². The molecular formula is C17H18O2. The summed E-state index contributed by atoms with van der Waals surface area (Å²) in [7, 11) is 0. The zero-order valence-electron chi connectivity index (χ0n) is 11.3. The summed E-state index contributed by atoms with van der Waals surface area (Å²) in [5, 5.41) is 9.85. The van der Waals surface area contributed by atoms with Crippen molar-refractivity contribution in [3.05, 3.63) is 58.7 Å². The zero-order valence-corrected chi connectivity index (χ0v) is 11.3. The number of benzene rings is 2. The summed E-state index contributed by atoms with van der Waals surface area (Å²) in [5.41, 5.74) is 4.27. The molecule has 0 saturated carbocycles. The third-order valence-electron chi connectivity index (χ3n) is 3.80. The van der Waals surface area contributed by atoms with Crippen LogP contribution in [0.4, 0.5) is 0 Å². The van der Waals surface area contributed by atoms with Gasteiger partial charge in [0.2, 0.25) is 0 Å². The average molecular weight is 254 g/mol. The van der Waals surface area contributed by atoms with Gasteiger partial charge in [-0.2, -0.15) is 0 Å². The molecule has 1 atom stereocenters. The molecule has 2 nitrogen and oxygen atoms in total. The van der Waals surface area contributed by atoms with Crippen molar-refractivity contribution in [3.8, 4) is 11.5 Å². The molecule has 1 aliphatic rings. The first-order valence-corrected chi connectivity index (χ1v) is 6.70. The van der Waals surface area contributed by atoms with E-state index < -0.39 is 0 Å². The Morgan fingerprint density at radius 1 is 1.11 bits per heavy atom. The molecule has 0 fully saturated rings. The Labute approximate surface area is 113 Å². The minimum absolute atomic E-state index is 0.0906. The number of aryl methyl sites for hydroxylation is 3. The van der Waals surface area contributed by atoms with E-state index in [1.165, 1.54) is 5.56 Å². The molecule has 2 heteroatoms. The smallest absolute Gasteiger partial charge is 0.124 e. The van der Waals surface area contributed by atoms with Crippen molar-refractivity contribution in [1.29, 1.82) is 0 Å². The number of para-hydroxylation sites is 1. The fourth-order valence-electron chi connectivity index (χ4n) is 2.73. The molecule has 0 bridgehead atoms. The summed E-state index contributed by atoms with van der Waals surface area (Å²) < 4.78 is 6.09. The molecule has 1 heterocycles. The first-order valence-electron chi connectivity index (χ1n) is 6.70. The first kappa shape index (κ1) is 12.1. The highest BCUT2D eigenvalue weighted by molar-refractivity contribution is 5.44. The van der Waals surface area contributed by atoms with Gasteiger partial charge in [-0.3, -0.25) is 0 Å². The molecule has 0 amide bonds. The second kappa shape index (κ2) is 4.61. The fourth-order valence-corrected chi connectivity index (χ4v) is 2.73. The van der Waals surface area contributed by atoms with Gasteiger partial charge in [-0.1, -0.05) is 18.2 Å². The van der Waals surface area contributed by atoms with E-state index in [0.717, 1.165) is 35.3 Å². The second-order valence-corrected chi connectivity index (χ2v) is 5.26. The zero-order chi connectivity index (χ0) is 13.4. The molecule has 0 radical (unpaired) electrons. The summed E-state index contributed by atoms with van der Waals surface area (Å²) in [6, 6.07) is 12.3. The Morgan fingerprint density at radius 2 is 1.79 bits per heavy atom. The van der Waals surface area contributed by atoms with Crippen LogP contribution in [0.2, 0.25) is 0 Å². The van der Waals surface area contributed by atoms with E-state index in [4.69, 9.17) is 4.74 Å². The van der Waals surface area contributed by atoms with Gasteiger partial charge in [0.05, 0.1) is 0 Å². The molecule has 19 heavy (non-hydrogen) atoms. The molecule has 98 valence electrons. The van der Waals surface area contributed by atoms with Crippen LogP contribution < -0.4 is 4.74 Å². The lowest BCUT2D eigenvalue weighted by atomic mass is 9.95. The summed E-state index contributed by atoms with van der Waals surface area (Å²) in [4.78, 5) is 0. The molecule has 1 N–H and O–H groups in total. The number of hydrogen-bond acceptors (Lipinski definition) is 2. The standard InChI is InChI=1S/C17H18O2/c1-11-9-14(10-12(2)17(11)18)16-8-7-13-5-3-4-6-15(13)19-16/h3-6,9-10,16,18H,7-8H2,1-2H3. The molecule has 0 aromatic heterocycles. The predicted molar refractivity (Wildman–Crippen MR) is 75.7 cm³/mol. The Bertz CT molecular complexity index is 593. The lowest BCUT2D eigenvalue weighted by molar-refractivity contribution is 0.176. The fraction of sp³-hybridized carbons (Fsp3) is 0.294. The molecule has 2 aromatic carbocycles. The topological polar surface area (TPSA) is 29.5 Å². The number of fused-ring (bicyclic) bond motifs is 1. The average Bonchev–Trinajstić information content (AvgIpc) is 2.43. The van der Waals surface area contributed by atoms with Gasteiger partial charge < -0.3 is 9.84 Å². The van der Waals surface area contributed by atoms with Crippen LogP contribution in [0, 0.1) is 13.8 Å². The maximum atomic E-state index is 9.85. The Kier molecular flexibility index (Phi) is 2.94. The highest BCUT2D eigenvalue weighted by atomic mass is 16.5. The molecule has 0 saturated heterocycles. The van der Waals surface area contributed by atoms with Crippen molar-refractivity contribution < 1.29 is 9.84 Å². The largest absolute Gasteiger partial charge is 0.507 e. The van der Waals surface area contributed by atoms with Crippen molar-refractivity contribution >= 4 is 0 Å². The summed E-state index contributed by atoms with van der Waals surface area (Å²) in [5.74, 6) is 1.38. The van der Waals surface area contributed by atoms with Crippen molar-refractivity contribution in [3.63, 3.8) is 0 Å². The van der Waals surface area contributed by atoms with Crippen LogP contribution in [0.5, 0.6) is 11.5 Å². The summed E-state index contributed by atoms with van der Waals surface area (Å²) >= 11 is 0. The molecular weight excluding hydrogens is 236 g/mol. The number of ether oxygens (including phenoxy) is 1. The van der Waals surface area contributed by atoms with Crippen LogP contribution in [0.15, 0.2) is 36.4 Å². The number of aromatic hydroxyl groups is 1. The lowest BCUT2D eigenvalue weighted by Crippen LogP contribution is -2.15. The van der Waals surface area contributed by atoms with Gasteiger partial charge in [0.15, 0.2) is 0 Å². The van der Waals surface area contributed by atoms with Crippen molar-refractivity contribution in [1.82, 2.24) is 0 Å². The van der Waals surface area contributed by atoms with Crippen LogP contribution in [0.25, 0.3) is 0 Å². The van der Waals surface area contributed by atoms with E-state index >= 15 is 0 Å². The summed E-state index contributed by atoms with van der Waals surface area (Å²) in [6.07, 6.45) is 2.12. The third-order valence-corrected chi connectivity index (χ3v) is 3.80. The Balaban J connectivity index is 1.93. The monoisotopic (exact) mass is 254 g/mol. The number of phenolic OH excluding ortho intramolecular Hbond substituents is 1. The molecule has 1 aliphatic heterocycles. The van der Waals surface area contributed by atoms with E-state index in [-0.39, 0.29) is 6.10 Å². The SMILES string of the molecule is Cc1cc(C2CCc3ccccc3O2)cc(C)c1O. The molecule has 0 spiro atoms. The molecule has 0 aliphatic carbocycles. The van der Waals surface area contributed by atoms with Crippen LogP contribution in [-0.4, -0.2) is 5.11 Å². The van der Waals surface area contributed by atoms with Gasteiger partial charge in [-0.05, 0) is 67.1 Å². The van der Waals surface area contributed by atoms with E-state index in [9.17, 15) is 5.11 Å². The maximum absolute atomic E-state index is 9.85. The van der Waals surface area contributed by atoms with E-state index in [2.05, 4.69) is 12.1 Å². The highest BCUT2D eigenvalue weighted by Gasteiger charge is 2.21. The molecule has 1 unspecified atom stereocenters. The van der Waals surface area contributed by atoms with Crippen molar-refractivity contribution in [2.24, 2.45) is 0 Å². The van der Waals surface area contributed by atoms with Gasteiger partial charge in [-0.15, -0.1) is 0 Å². The van der Waals surface area contributed by atoms with Crippen LogP contribution >= 0.6 is 0 Å². The highest BCUT2D eigenvalue weighted by Crippen LogP contribution is 2.36. The number of hydrogen-bond donors (Lipinski definition) is 1. The number of rotatable bonds is 1. The van der Waals surface area contributed by atoms with E-state index in [0.29, 0.717) is 5.75 Å². The lowest BCUT2D eigenvalue weighted by Gasteiger charge is -2.27. The van der Waals surface area contributed by atoms with Crippen molar-refractivity contribution in [2.75, 3.05) is 0 Å². The van der Waals surface area contributed by atoms with Gasteiger partial charge in [0, 0.05) is 0 Å². The second-order valence-electron chi connectivity index (χ2n) is 5.26. The minimum Gasteiger partial charge on any atom is -0.507 e. The number of phenols is 1. The maximum Gasteiger partial charge on any atom is 0.124 e. The van der Waals surface area contributed by atoms with Crippen LogP contribution in [0.1, 0.15) is 34.8 Å². The van der Waals surface area contributed by atoms with Crippen LogP contribution in [-0.2, 0) is 6.42 Å². The molecule has 3 rings (SSSR count). The predicted octanol–water partition coefficient (Wildman–Crippen LogP) is 4.08. The quantitative estimate of drug-likeness (QED) is 0.831. The Hall–Kier alpha value is -1.96. The Morgan fingerprint density at radius 3 is 2.53 bits per heavy atom. The molecule has 2 aromatic rings. The normalized spacial score (nSPS) is 17.7.